The zero-order valence-electron chi connectivity index (χ0n) is 18.3. The Kier molecular flexibility index (Phi) is 5.41. The van der Waals surface area contributed by atoms with Gasteiger partial charge in [0.05, 0.1) is 5.52 Å². The minimum Gasteiger partial charge on any atom is -0.457 e. The van der Waals surface area contributed by atoms with Crippen LogP contribution in [0.15, 0.2) is 71.7 Å². The minimum atomic E-state index is -0.0720. The second-order valence-electron chi connectivity index (χ2n) is 8.52. The van der Waals surface area contributed by atoms with Crippen LogP contribution in [0.5, 0.6) is 11.5 Å². The predicted molar refractivity (Wildman–Crippen MR) is 127 cm³/mol. The molecule has 164 valence electrons. The van der Waals surface area contributed by atoms with Gasteiger partial charge in [0.1, 0.15) is 17.0 Å². The van der Waals surface area contributed by atoms with Crippen molar-refractivity contribution in [2.24, 2.45) is 7.05 Å². The molecular weight excluding hydrogens is 402 g/mol. The van der Waals surface area contributed by atoms with Crippen molar-refractivity contribution in [3.05, 3.63) is 82.8 Å². The monoisotopic (exact) mass is 429 g/mol. The lowest BCUT2D eigenvalue weighted by atomic mass is 9.88. The van der Waals surface area contributed by atoms with E-state index in [0.717, 1.165) is 31.0 Å². The van der Waals surface area contributed by atoms with Crippen molar-refractivity contribution in [1.82, 2.24) is 19.4 Å². The van der Waals surface area contributed by atoms with Crippen LogP contribution in [0.2, 0.25) is 0 Å². The molecule has 0 amide bonds. The second-order valence-corrected chi connectivity index (χ2v) is 8.52. The van der Waals surface area contributed by atoms with Crippen LogP contribution in [0.4, 0.5) is 5.95 Å². The fraction of sp³-hybridized carbons (Fsp3) is 0.280. The summed E-state index contributed by atoms with van der Waals surface area (Å²) in [5.41, 5.74) is 2.43. The normalized spacial score (nSPS) is 19.2. The van der Waals surface area contributed by atoms with E-state index >= 15 is 0 Å². The maximum absolute atomic E-state index is 12.6. The number of hydrogen-bond acceptors (Lipinski definition) is 5. The van der Waals surface area contributed by atoms with Gasteiger partial charge in [0, 0.05) is 32.4 Å². The summed E-state index contributed by atoms with van der Waals surface area (Å²) in [7, 11) is 3.89. The lowest BCUT2D eigenvalue weighted by Crippen LogP contribution is -2.44. The Morgan fingerprint density at radius 2 is 1.75 bits per heavy atom. The van der Waals surface area contributed by atoms with Crippen molar-refractivity contribution in [2.75, 3.05) is 25.5 Å². The molecule has 4 aromatic rings. The van der Waals surface area contributed by atoms with Crippen molar-refractivity contribution >= 4 is 17.0 Å². The zero-order valence-corrected chi connectivity index (χ0v) is 18.3. The molecule has 0 aliphatic carbocycles. The Balaban J connectivity index is 1.31. The molecule has 1 saturated heterocycles. The number of likely N-dealkylation sites (tertiary alicyclic amines) is 1. The first kappa shape index (κ1) is 20.3. The molecule has 1 fully saturated rings. The van der Waals surface area contributed by atoms with Gasteiger partial charge >= 0.3 is 0 Å². The Hall–Kier alpha value is -3.58. The quantitative estimate of drug-likeness (QED) is 0.502. The third-order valence-corrected chi connectivity index (χ3v) is 6.08. The third kappa shape index (κ3) is 4.11. The molecule has 2 aromatic carbocycles. The van der Waals surface area contributed by atoms with Gasteiger partial charge in [-0.25, -0.2) is 4.98 Å². The largest absolute Gasteiger partial charge is 0.457 e. The van der Waals surface area contributed by atoms with Gasteiger partial charge in [-0.15, -0.1) is 0 Å². The summed E-state index contributed by atoms with van der Waals surface area (Å²) < 4.78 is 7.51. The lowest BCUT2D eigenvalue weighted by molar-refractivity contribution is 0.235. The van der Waals surface area contributed by atoms with E-state index < -0.39 is 0 Å². The number of fused-ring (bicyclic) bond motifs is 1. The van der Waals surface area contributed by atoms with E-state index in [2.05, 4.69) is 39.4 Å². The van der Waals surface area contributed by atoms with E-state index in [1.807, 2.05) is 48.5 Å². The van der Waals surface area contributed by atoms with Gasteiger partial charge in [-0.3, -0.25) is 9.36 Å². The summed E-state index contributed by atoms with van der Waals surface area (Å²) >= 11 is 0. The van der Waals surface area contributed by atoms with Crippen molar-refractivity contribution < 1.29 is 4.74 Å². The van der Waals surface area contributed by atoms with Gasteiger partial charge < -0.3 is 19.9 Å². The van der Waals surface area contributed by atoms with Crippen molar-refractivity contribution in [1.29, 1.82) is 0 Å². The molecule has 5 rings (SSSR count). The number of likely N-dealkylation sites (N-methyl/N-ethyl adjacent to an activating group) is 1. The average Bonchev–Trinajstić information content (AvgIpc) is 3.27. The minimum absolute atomic E-state index is 0.0720. The highest BCUT2D eigenvalue weighted by Gasteiger charge is 2.27. The van der Waals surface area contributed by atoms with Crippen LogP contribution in [-0.4, -0.2) is 45.6 Å². The van der Waals surface area contributed by atoms with Crippen molar-refractivity contribution in [2.45, 2.75) is 18.4 Å². The molecule has 0 spiro atoms. The summed E-state index contributed by atoms with van der Waals surface area (Å²) in [4.78, 5) is 22.5. The van der Waals surface area contributed by atoms with Gasteiger partial charge in [-0.1, -0.05) is 30.3 Å². The molecule has 2 aromatic heterocycles. The molecule has 7 heteroatoms. The lowest BCUT2D eigenvalue weighted by Gasteiger charge is -2.36. The average molecular weight is 430 g/mol. The first-order valence-electron chi connectivity index (χ1n) is 10.9. The number of ether oxygens (including phenoxy) is 1. The second kappa shape index (κ2) is 8.51. The molecule has 0 unspecified atom stereocenters. The SMILES string of the molecule is CN1C[C@H](Nc2nc3cc[nH]c3c(=O)n2C)C[C@H](c2ccc(Oc3ccccc3)cc2)C1. The number of anilines is 1. The van der Waals surface area contributed by atoms with Gasteiger partial charge in [0.2, 0.25) is 5.95 Å². The molecule has 0 bridgehead atoms. The molecule has 7 nitrogen and oxygen atoms in total. The van der Waals surface area contributed by atoms with E-state index in [1.54, 1.807) is 17.8 Å². The number of aromatic amines is 1. The van der Waals surface area contributed by atoms with Crippen LogP contribution >= 0.6 is 0 Å². The molecule has 1 aliphatic heterocycles. The number of nitrogens with zero attached hydrogens (tertiary/aromatic N) is 3. The van der Waals surface area contributed by atoms with Crippen LogP contribution in [0.25, 0.3) is 11.0 Å². The van der Waals surface area contributed by atoms with E-state index in [1.165, 1.54) is 5.56 Å². The summed E-state index contributed by atoms with van der Waals surface area (Å²) in [6.45, 7) is 1.88. The molecule has 2 N–H and O–H groups in total. The van der Waals surface area contributed by atoms with E-state index in [-0.39, 0.29) is 11.6 Å². The predicted octanol–water partition coefficient (Wildman–Crippen LogP) is 3.95. The van der Waals surface area contributed by atoms with E-state index in [9.17, 15) is 4.79 Å². The van der Waals surface area contributed by atoms with Crippen molar-refractivity contribution in [3.8, 4) is 11.5 Å². The van der Waals surface area contributed by atoms with Gasteiger partial charge in [0.25, 0.3) is 5.56 Å². The van der Waals surface area contributed by atoms with Crippen LogP contribution in [-0.2, 0) is 7.05 Å². The molecule has 32 heavy (non-hydrogen) atoms. The molecule has 0 radical (unpaired) electrons. The fourth-order valence-electron chi connectivity index (χ4n) is 4.49. The van der Waals surface area contributed by atoms with Crippen LogP contribution in [0, 0.1) is 0 Å². The number of aromatic nitrogens is 3. The molecule has 1 aliphatic rings. The molecule has 3 heterocycles. The summed E-state index contributed by atoms with van der Waals surface area (Å²) in [5, 5.41) is 3.52. The number of H-pyrrole nitrogens is 1. The van der Waals surface area contributed by atoms with E-state index in [0.29, 0.717) is 22.9 Å². The molecular formula is C25H27N5O2. The Labute approximate surface area is 186 Å². The first-order valence-corrected chi connectivity index (χ1v) is 10.9. The first-order chi connectivity index (χ1) is 15.6. The number of piperidine rings is 1. The number of benzene rings is 2. The highest BCUT2D eigenvalue weighted by Crippen LogP contribution is 2.30. The Bertz CT molecular complexity index is 1260. The summed E-state index contributed by atoms with van der Waals surface area (Å²) in [6.07, 6.45) is 2.71. The number of nitrogens with one attached hydrogen (secondary N) is 2. The number of rotatable bonds is 5. The zero-order chi connectivity index (χ0) is 22.1. The number of hydrogen-bond donors (Lipinski definition) is 2. The summed E-state index contributed by atoms with van der Waals surface area (Å²) in [6, 6.07) is 20.2. The Morgan fingerprint density at radius 3 is 2.53 bits per heavy atom. The van der Waals surface area contributed by atoms with Crippen LogP contribution in [0.1, 0.15) is 17.9 Å². The van der Waals surface area contributed by atoms with Crippen LogP contribution in [0.3, 0.4) is 0 Å². The van der Waals surface area contributed by atoms with Gasteiger partial charge in [-0.2, -0.15) is 0 Å². The topological polar surface area (TPSA) is 75.2 Å². The highest BCUT2D eigenvalue weighted by atomic mass is 16.5. The third-order valence-electron chi connectivity index (χ3n) is 6.08. The van der Waals surface area contributed by atoms with E-state index in [4.69, 9.17) is 4.74 Å². The maximum Gasteiger partial charge on any atom is 0.278 e. The summed E-state index contributed by atoms with van der Waals surface area (Å²) in [5.74, 6) is 2.65. The number of para-hydroxylation sites is 1. The van der Waals surface area contributed by atoms with Gasteiger partial charge in [-0.05, 0) is 55.3 Å². The smallest absolute Gasteiger partial charge is 0.278 e. The highest BCUT2D eigenvalue weighted by molar-refractivity contribution is 5.75. The Morgan fingerprint density at radius 1 is 1.00 bits per heavy atom. The standard InChI is InChI=1S/C25H27N5O2/c1-29-15-18(17-8-10-21(11-9-17)32-20-6-4-3-5-7-20)14-19(16-29)27-25-28-22-12-13-26-23(22)24(31)30(25)2/h3-13,18-19,26H,14-16H2,1-2H3,(H,27,28)/t18-,19+/m0/s1. The van der Waals surface area contributed by atoms with Crippen LogP contribution < -0.4 is 15.6 Å². The van der Waals surface area contributed by atoms with Gasteiger partial charge in [0.15, 0.2) is 0 Å². The maximum atomic E-state index is 12.6. The van der Waals surface area contributed by atoms with Crippen molar-refractivity contribution in [3.63, 3.8) is 0 Å². The molecule has 2 atom stereocenters. The fourth-order valence-corrected chi connectivity index (χ4v) is 4.49. The molecule has 0 saturated carbocycles.